The first-order valence-electron chi connectivity index (χ1n) is 12.3. The fraction of sp³-hybridized carbons (Fsp3) is 0.379. The summed E-state index contributed by atoms with van der Waals surface area (Å²) in [7, 11) is 0. The molecule has 0 fully saturated rings. The molecule has 1 N–H and O–H groups in total. The number of aryl methyl sites for hydroxylation is 1. The van der Waals surface area contributed by atoms with E-state index in [1.54, 1.807) is 19.1 Å². The van der Waals surface area contributed by atoms with Crippen molar-refractivity contribution in [1.82, 2.24) is 5.32 Å². The number of hydrogen-bond acceptors (Lipinski definition) is 4. The van der Waals surface area contributed by atoms with Crippen molar-refractivity contribution in [2.24, 2.45) is 10.5 Å². The van der Waals surface area contributed by atoms with E-state index >= 15 is 4.39 Å². The Kier molecular flexibility index (Phi) is 7.51. The standard InChI is InChI=1S/C29H32F3N3OS/c1-18-7-14-24(37-18)25-26(19-8-10-20(30)11-9-19)34-35(23-13-12-21(31)17-22(23)32)29(25,5)27(36)33-16-6-15-28(2,3)4/h7-14,17,25H,6,15-16H2,1-5H3,(H,33,36). The molecule has 1 aromatic heterocycles. The maximum atomic E-state index is 15.1. The van der Waals surface area contributed by atoms with E-state index in [1.165, 1.54) is 34.5 Å². The van der Waals surface area contributed by atoms with Crippen LogP contribution in [0.15, 0.2) is 59.7 Å². The molecule has 1 aliphatic heterocycles. The number of nitrogens with zero attached hydrogens (tertiary/aromatic N) is 2. The summed E-state index contributed by atoms with van der Waals surface area (Å²) < 4.78 is 42.7. The molecule has 2 aromatic carbocycles. The van der Waals surface area contributed by atoms with Gasteiger partial charge in [0.25, 0.3) is 0 Å². The fourth-order valence-electron chi connectivity index (χ4n) is 4.71. The van der Waals surface area contributed by atoms with E-state index in [-0.39, 0.29) is 17.0 Å². The molecule has 0 saturated heterocycles. The molecule has 0 saturated carbocycles. The van der Waals surface area contributed by atoms with Gasteiger partial charge in [-0.25, -0.2) is 18.2 Å². The lowest BCUT2D eigenvalue weighted by atomic mass is 9.78. The van der Waals surface area contributed by atoms with Gasteiger partial charge in [0.05, 0.1) is 17.3 Å². The normalized spacial score (nSPS) is 19.7. The first-order valence-corrected chi connectivity index (χ1v) is 13.2. The zero-order valence-corrected chi connectivity index (χ0v) is 22.6. The number of rotatable bonds is 7. The average Bonchev–Trinajstić information content (AvgIpc) is 3.37. The predicted molar refractivity (Wildman–Crippen MR) is 144 cm³/mol. The van der Waals surface area contributed by atoms with Crippen molar-refractivity contribution in [1.29, 1.82) is 0 Å². The molecule has 196 valence electrons. The number of carbonyl (C=O) groups excluding carboxylic acids is 1. The molecular formula is C29H32F3N3OS. The fourth-order valence-corrected chi connectivity index (χ4v) is 5.81. The molecular weight excluding hydrogens is 495 g/mol. The number of benzene rings is 2. The molecule has 37 heavy (non-hydrogen) atoms. The van der Waals surface area contributed by atoms with Crippen LogP contribution in [0.25, 0.3) is 0 Å². The van der Waals surface area contributed by atoms with Gasteiger partial charge in [-0.15, -0.1) is 11.3 Å². The summed E-state index contributed by atoms with van der Waals surface area (Å²) in [5.41, 5.74) is -0.126. The summed E-state index contributed by atoms with van der Waals surface area (Å²) in [6.07, 6.45) is 1.70. The van der Waals surface area contributed by atoms with E-state index in [4.69, 9.17) is 5.10 Å². The molecule has 0 radical (unpaired) electrons. The third-order valence-electron chi connectivity index (χ3n) is 6.66. The van der Waals surface area contributed by atoms with Gasteiger partial charge in [0.15, 0.2) is 11.4 Å². The van der Waals surface area contributed by atoms with E-state index in [1.807, 2.05) is 19.1 Å². The van der Waals surface area contributed by atoms with Crippen molar-refractivity contribution >= 4 is 28.6 Å². The highest BCUT2D eigenvalue weighted by atomic mass is 32.1. The number of halogens is 3. The first-order chi connectivity index (χ1) is 17.4. The number of thiophene rings is 1. The van der Waals surface area contributed by atoms with Crippen LogP contribution in [0.4, 0.5) is 18.9 Å². The molecule has 4 rings (SSSR count). The predicted octanol–water partition coefficient (Wildman–Crippen LogP) is 7.18. The molecule has 8 heteroatoms. The lowest BCUT2D eigenvalue weighted by Crippen LogP contribution is -2.57. The van der Waals surface area contributed by atoms with Crippen LogP contribution in [0.3, 0.4) is 0 Å². The SMILES string of the molecule is Cc1ccc(C2C(c3ccc(F)cc3)=NN(c3ccc(F)cc3F)C2(C)C(=O)NCCCC(C)(C)C)s1. The van der Waals surface area contributed by atoms with E-state index in [2.05, 4.69) is 26.1 Å². The van der Waals surface area contributed by atoms with Crippen molar-refractivity contribution in [3.63, 3.8) is 0 Å². The highest BCUT2D eigenvalue weighted by molar-refractivity contribution is 7.12. The number of amides is 1. The van der Waals surface area contributed by atoms with Gasteiger partial charge in [-0.2, -0.15) is 5.10 Å². The Bertz CT molecular complexity index is 1310. The number of hydrogen-bond donors (Lipinski definition) is 1. The molecule has 0 spiro atoms. The Morgan fingerprint density at radius 3 is 2.32 bits per heavy atom. The molecule has 4 nitrogen and oxygen atoms in total. The van der Waals surface area contributed by atoms with Crippen LogP contribution in [-0.4, -0.2) is 23.7 Å². The van der Waals surface area contributed by atoms with Gasteiger partial charge in [0.1, 0.15) is 11.6 Å². The smallest absolute Gasteiger partial charge is 0.248 e. The first kappa shape index (κ1) is 26.9. The molecule has 2 heterocycles. The van der Waals surface area contributed by atoms with Crippen LogP contribution < -0.4 is 10.3 Å². The van der Waals surface area contributed by atoms with Crippen LogP contribution in [0.2, 0.25) is 0 Å². The lowest BCUT2D eigenvalue weighted by molar-refractivity contribution is -0.126. The minimum Gasteiger partial charge on any atom is -0.354 e. The number of carbonyl (C=O) groups is 1. The summed E-state index contributed by atoms with van der Waals surface area (Å²) in [5, 5.41) is 9.18. The van der Waals surface area contributed by atoms with E-state index in [9.17, 15) is 13.6 Å². The molecule has 1 aliphatic rings. The second kappa shape index (κ2) is 10.3. The molecule has 0 bridgehead atoms. The van der Waals surface area contributed by atoms with Gasteiger partial charge in [0, 0.05) is 22.4 Å². The Hall–Kier alpha value is -3.13. The molecule has 3 aromatic rings. The third-order valence-corrected chi connectivity index (χ3v) is 7.72. The van der Waals surface area contributed by atoms with Gasteiger partial charge in [-0.3, -0.25) is 4.79 Å². The summed E-state index contributed by atoms with van der Waals surface area (Å²) in [6.45, 7) is 10.6. The zero-order chi connectivity index (χ0) is 27.0. The minimum absolute atomic E-state index is 0.0101. The van der Waals surface area contributed by atoms with Crippen molar-refractivity contribution in [2.45, 2.75) is 58.9 Å². The molecule has 1 amide bonds. The highest BCUT2D eigenvalue weighted by Crippen LogP contribution is 2.47. The highest BCUT2D eigenvalue weighted by Gasteiger charge is 2.55. The van der Waals surface area contributed by atoms with E-state index < -0.39 is 28.9 Å². The maximum absolute atomic E-state index is 15.1. The van der Waals surface area contributed by atoms with Crippen LogP contribution in [0, 0.1) is 29.8 Å². The largest absolute Gasteiger partial charge is 0.354 e. The van der Waals surface area contributed by atoms with Crippen molar-refractivity contribution in [3.8, 4) is 0 Å². The van der Waals surface area contributed by atoms with Crippen LogP contribution in [0.5, 0.6) is 0 Å². The second-order valence-electron chi connectivity index (χ2n) is 10.8. The average molecular weight is 528 g/mol. The van der Waals surface area contributed by atoms with Crippen molar-refractivity contribution in [3.05, 3.63) is 87.4 Å². The second-order valence-corrected chi connectivity index (χ2v) is 12.2. The van der Waals surface area contributed by atoms with E-state index in [0.717, 1.165) is 34.7 Å². The van der Waals surface area contributed by atoms with Crippen LogP contribution in [0.1, 0.15) is 61.8 Å². The van der Waals surface area contributed by atoms with Gasteiger partial charge < -0.3 is 5.32 Å². The number of nitrogens with one attached hydrogen (secondary N) is 1. The van der Waals surface area contributed by atoms with Gasteiger partial charge >= 0.3 is 0 Å². The topological polar surface area (TPSA) is 44.7 Å². The van der Waals surface area contributed by atoms with Crippen LogP contribution >= 0.6 is 11.3 Å². The monoisotopic (exact) mass is 527 g/mol. The summed E-state index contributed by atoms with van der Waals surface area (Å²) in [4.78, 5) is 15.9. The Labute approximate surface area is 220 Å². The Morgan fingerprint density at radius 1 is 1.05 bits per heavy atom. The van der Waals surface area contributed by atoms with Gasteiger partial charge in [-0.1, -0.05) is 32.9 Å². The number of anilines is 1. The van der Waals surface area contributed by atoms with Gasteiger partial charge in [-0.05, 0) is 74.1 Å². The maximum Gasteiger partial charge on any atom is 0.248 e. The molecule has 2 atom stereocenters. The van der Waals surface area contributed by atoms with E-state index in [0.29, 0.717) is 17.8 Å². The third kappa shape index (κ3) is 5.59. The summed E-state index contributed by atoms with van der Waals surface area (Å²) in [6, 6.07) is 13.0. The summed E-state index contributed by atoms with van der Waals surface area (Å²) >= 11 is 1.53. The van der Waals surface area contributed by atoms with Gasteiger partial charge in [0.2, 0.25) is 5.91 Å². The minimum atomic E-state index is -1.37. The Balaban J connectivity index is 1.83. The quantitative estimate of drug-likeness (QED) is 0.331. The number of hydrazone groups is 1. The van der Waals surface area contributed by atoms with Crippen molar-refractivity contribution in [2.75, 3.05) is 11.6 Å². The molecule has 2 unspecified atom stereocenters. The lowest BCUT2D eigenvalue weighted by Gasteiger charge is -2.37. The zero-order valence-electron chi connectivity index (χ0n) is 21.7. The van der Waals surface area contributed by atoms with Crippen molar-refractivity contribution < 1.29 is 18.0 Å². The summed E-state index contributed by atoms with van der Waals surface area (Å²) in [5.74, 6) is -2.84. The molecule has 0 aliphatic carbocycles. The van der Waals surface area contributed by atoms with Crippen LogP contribution in [-0.2, 0) is 4.79 Å². The Morgan fingerprint density at radius 2 is 1.73 bits per heavy atom.